The number of carbonyl (C=O) groups is 1. The molecule has 0 amide bonds. The van der Waals surface area contributed by atoms with Crippen molar-refractivity contribution in [3.8, 4) is 0 Å². The first-order chi connectivity index (χ1) is 7.27. The van der Waals surface area contributed by atoms with Crippen LogP contribution in [-0.2, 0) is 9.53 Å². The van der Waals surface area contributed by atoms with E-state index in [4.69, 9.17) is 9.84 Å². The van der Waals surface area contributed by atoms with Crippen LogP contribution in [0.25, 0.3) is 0 Å². The molecule has 3 nitrogen and oxygen atoms in total. The third-order valence-corrected chi connectivity index (χ3v) is 3.86. The van der Waals surface area contributed by atoms with E-state index in [2.05, 4.69) is 0 Å². The van der Waals surface area contributed by atoms with E-state index in [9.17, 15) is 4.79 Å². The number of ether oxygens (including phenoxy) is 1. The molecule has 1 aliphatic heterocycles. The third kappa shape index (κ3) is 2.71. The summed E-state index contributed by atoms with van der Waals surface area (Å²) in [7, 11) is 0. The van der Waals surface area contributed by atoms with Crippen LogP contribution in [0, 0.1) is 11.8 Å². The van der Waals surface area contributed by atoms with Gasteiger partial charge in [-0.15, -0.1) is 0 Å². The third-order valence-electron chi connectivity index (χ3n) is 3.86. The fourth-order valence-electron chi connectivity index (χ4n) is 2.72. The second kappa shape index (κ2) is 4.97. The SMILES string of the molecule is O=C(O)C1CCC1CCCC1CCCO1. The fraction of sp³-hybridized carbons (Fsp3) is 0.917. The van der Waals surface area contributed by atoms with Crippen molar-refractivity contribution in [1.29, 1.82) is 0 Å². The summed E-state index contributed by atoms with van der Waals surface area (Å²) in [5.41, 5.74) is 0. The fourth-order valence-corrected chi connectivity index (χ4v) is 2.72. The van der Waals surface area contributed by atoms with Crippen LogP contribution < -0.4 is 0 Å². The van der Waals surface area contributed by atoms with E-state index in [1.165, 1.54) is 12.8 Å². The summed E-state index contributed by atoms with van der Waals surface area (Å²) in [4.78, 5) is 10.8. The van der Waals surface area contributed by atoms with Gasteiger partial charge in [-0.2, -0.15) is 0 Å². The quantitative estimate of drug-likeness (QED) is 0.761. The number of rotatable bonds is 5. The molecule has 0 aromatic carbocycles. The lowest BCUT2D eigenvalue weighted by Crippen LogP contribution is -2.32. The van der Waals surface area contributed by atoms with Crippen molar-refractivity contribution in [2.75, 3.05) is 6.61 Å². The van der Waals surface area contributed by atoms with Gasteiger partial charge >= 0.3 is 5.97 Å². The van der Waals surface area contributed by atoms with Crippen LogP contribution >= 0.6 is 0 Å². The van der Waals surface area contributed by atoms with E-state index in [0.717, 1.165) is 38.7 Å². The van der Waals surface area contributed by atoms with Gasteiger partial charge in [0.25, 0.3) is 0 Å². The van der Waals surface area contributed by atoms with Gasteiger partial charge in [0, 0.05) is 6.61 Å². The summed E-state index contributed by atoms with van der Waals surface area (Å²) in [6, 6.07) is 0. The monoisotopic (exact) mass is 212 g/mol. The lowest BCUT2D eigenvalue weighted by Gasteiger charge is -2.33. The van der Waals surface area contributed by atoms with E-state index in [1.54, 1.807) is 0 Å². The lowest BCUT2D eigenvalue weighted by molar-refractivity contribution is -0.147. The maximum atomic E-state index is 10.8. The average molecular weight is 212 g/mol. The molecule has 3 unspecified atom stereocenters. The number of hydrogen-bond donors (Lipinski definition) is 1. The van der Waals surface area contributed by atoms with Gasteiger partial charge in [0.15, 0.2) is 0 Å². The second-order valence-electron chi connectivity index (χ2n) is 4.85. The zero-order valence-electron chi connectivity index (χ0n) is 9.15. The standard InChI is InChI=1S/C12H20O3/c13-12(14)11-7-6-9(11)3-1-4-10-5-2-8-15-10/h9-11H,1-8H2,(H,13,14). The topological polar surface area (TPSA) is 46.5 Å². The molecule has 86 valence electrons. The summed E-state index contributed by atoms with van der Waals surface area (Å²) >= 11 is 0. The van der Waals surface area contributed by atoms with E-state index in [0.29, 0.717) is 12.0 Å². The van der Waals surface area contributed by atoms with Crippen molar-refractivity contribution < 1.29 is 14.6 Å². The second-order valence-corrected chi connectivity index (χ2v) is 4.85. The van der Waals surface area contributed by atoms with E-state index in [1.807, 2.05) is 0 Å². The van der Waals surface area contributed by atoms with Gasteiger partial charge in [-0.05, 0) is 44.4 Å². The Morgan fingerprint density at radius 3 is 2.67 bits per heavy atom. The molecular weight excluding hydrogens is 192 g/mol. The van der Waals surface area contributed by atoms with Crippen molar-refractivity contribution >= 4 is 5.97 Å². The van der Waals surface area contributed by atoms with Crippen LogP contribution in [0.1, 0.15) is 44.9 Å². The Balaban J connectivity index is 1.59. The lowest BCUT2D eigenvalue weighted by atomic mass is 9.71. The van der Waals surface area contributed by atoms with E-state index >= 15 is 0 Å². The summed E-state index contributed by atoms with van der Waals surface area (Å²) in [6.07, 6.45) is 8.22. The zero-order valence-corrected chi connectivity index (χ0v) is 9.15. The number of aliphatic carboxylic acids is 1. The highest BCUT2D eigenvalue weighted by Crippen LogP contribution is 2.38. The molecule has 0 radical (unpaired) electrons. The van der Waals surface area contributed by atoms with Crippen molar-refractivity contribution in [3.63, 3.8) is 0 Å². The van der Waals surface area contributed by atoms with Gasteiger partial charge in [0.2, 0.25) is 0 Å². The van der Waals surface area contributed by atoms with Gasteiger partial charge in [-0.3, -0.25) is 4.79 Å². The predicted octanol–water partition coefficient (Wildman–Crippen LogP) is 2.45. The summed E-state index contributed by atoms with van der Waals surface area (Å²) in [5, 5.41) is 8.89. The van der Waals surface area contributed by atoms with E-state index in [-0.39, 0.29) is 5.92 Å². The Kier molecular flexibility index (Phi) is 3.62. The maximum Gasteiger partial charge on any atom is 0.306 e. The van der Waals surface area contributed by atoms with Crippen LogP contribution in [0.5, 0.6) is 0 Å². The normalized spacial score (nSPS) is 35.1. The smallest absolute Gasteiger partial charge is 0.306 e. The first kappa shape index (κ1) is 10.9. The minimum Gasteiger partial charge on any atom is -0.481 e. The Morgan fingerprint density at radius 1 is 1.27 bits per heavy atom. The van der Waals surface area contributed by atoms with Gasteiger partial charge < -0.3 is 9.84 Å². The van der Waals surface area contributed by atoms with Crippen molar-refractivity contribution in [1.82, 2.24) is 0 Å². The molecule has 1 saturated heterocycles. The Labute approximate surface area is 90.8 Å². The highest BCUT2D eigenvalue weighted by atomic mass is 16.5. The molecule has 1 N–H and O–H groups in total. The molecule has 0 bridgehead atoms. The predicted molar refractivity (Wildman–Crippen MR) is 56.7 cm³/mol. The molecule has 2 rings (SSSR count). The molecule has 0 aromatic heterocycles. The van der Waals surface area contributed by atoms with Gasteiger partial charge in [0.1, 0.15) is 0 Å². The molecule has 2 aliphatic rings. The van der Waals surface area contributed by atoms with Gasteiger partial charge in [-0.25, -0.2) is 0 Å². The average Bonchev–Trinajstić information content (AvgIpc) is 2.61. The Bertz CT molecular complexity index is 221. The van der Waals surface area contributed by atoms with Crippen LogP contribution in [0.2, 0.25) is 0 Å². The molecular formula is C12H20O3. The maximum absolute atomic E-state index is 10.8. The molecule has 1 saturated carbocycles. The highest BCUT2D eigenvalue weighted by molar-refractivity contribution is 5.71. The molecule has 3 heteroatoms. The van der Waals surface area contributed by atoms with Crippen molar-refractivity contribution in [3.05, 3.63) is 0 Å². The Hall–Kier alpha value is -0.570. The zero-order chi connectivity index (χ0) is 10.7. The first-order valence-electron chi connectivity index (χ1n) is 6.12. The Morgan fingerprint density at radius 2 is 2.13 bits per heavy atom. The number of hydrogen-bond acceptors (Lipinski definition) is 2. The number of carboxylic acid groups (broad SMARTS) is 1. The summed E-state index contributed by atoms with van der Waals surface area (Å²) in [6.45, 7) is 0.922. The molecule has 15 heavy (non-hydrogen) atoms. The largest absolute Gasteiger partial charge is 0.481 e. The minimum atomic E-state index is -0.594. The molecule has 1 aliphatic carbocycles. The summed E-state index contributed by atoms with van der Waals surface area (Å²) < 4.78 is 5.54. The van der Waals surface area contributed by atoms with Crippen LogP contribution in [0.3, 0.4) is 0 Å². The van der Waals surface area contributed by atoms with Gasteiger partial charge in [-0.1, -0.05) is 6.42 Å². The molecule has 1 heterocycles. The summed E-state index contributed by atoms with van der Waals surface area (Å²) in [5.74, 6) is -0.193. The van der Waals surface area contributed by atoms with E-state index < -0.39 is 5.97 Å². The van der Waals surface area contributed by atoms with Gasteiger partial charge in [0.05, 0.1) is 12.0 Å². The molecule has 0 aromatic rings. The number of carboxylic acids is 1. The highest BCUT2D eigenvalue weighted by Gasteiger charge is 2.35. The first-order valence-corrected chi connectivity index (χ1v) is 6.12. The van der Waals surface area contributed by atoms with Crippen LogP contribution in [0.4, 0.5) is 0 Å². The van der Waals surface area contributed by atoms with Crippen molar-refractivity contribution in [2.45, 2.75) is 51.0 Å². The van der Waals surface area contributed by atoms with Crippen molar-refractivity contribution in [2.24, 2.45) is 11.8 Å². The van der Waals surface area contributed by atoms with Crippen LogP contribution in [0.15, 0.2) is 0 Å². The molecule has 3 atom stereocenters. The van der Waals surface area contributed by atoms with Crippen LogP contribution in [-0.4, -0.2) is 23.8 Å². The molecule has 0 spiro atoms. The molecule has 2 fully saturated rings. The minimum absolute atomic E-state index is 0.0468.